The highest BCUT2D eigenvalue weighted by Gasteiger charge is 2.27. The molecule has 0 aliphatic rings. The third-order valence-electron chi connectivity index (χ3n) is 6.11. The number of aryl methyl sites for hydroxylation is 1. The summed E-state index contributed by atoms with van der Waals surface area (Å²) in [6, 6.07) is 9.17. The normalized spacial score (nSPS) is 12.3. The summed E-state index contributed by atoms with van der Waals surface area (Å²) in [5, 5.41) is 35.3. The second-order valence-corrected chi connectivity index (χ2v) is 9.13. The molecule has 39 heavy (non-hydrogen) atoms. The maximum absolute atomic E-state index is 13.2. The van der Waals surface area contributed by atoms with E-state index in [1.165, 1.54) is 36.4 Å². The minimum Gasteiger partial charge on any atom is -0.508 e. The van der Waals surface area contributed by atoms with Crippen molar-refractivity contribution >= 4 is 23.5 Å². The number of nitro groups is 1. The number of unbranched alkanes of at least 4 members (excludes halogenated alkanes) is 2. The Bertz CT molecular complexity index is 1240. The molecule has 0 unspecified atom stereocenters. The van der Waals surface area contributed by atoms with Gasteiger partial charge in [0.25, 0.3) is 5.69 Å². The monoisotopic (exact) mass is 537 g/mol. The van der Waals surface area contributed by atoms with Gasteiger partial charge in [0.1, 0.15) is 17.8 Å². The van der Waals surface area contributed by atoms with E-state index in [1.54, 1.807) is 24.7 Å². The number of phenolic OH excluding ortho intramolecular Hbond substituents is 1. The fourth-order valence-electron chi connectivity index (χ4n) is 3.98. The number of phenols is 1. The number of aromatic nitrogens is 2. The Morgan fingerprint density at radius 1 is 0.923 bits per heavy atom. The van der Waals surface area contributed by atoms with E-state index in [0.29, 0.717) is 17.5 Å². The van der Waals surface area contributed by atoms with Gasteiger partial charge >= 0.3 is 5.97 Å². The van der Waals surface area contributed by atoms with Crippen LogP contribution in [-0.4, -0.2) is 54.6 Å². The quantitative estimate of drug-likeness (QED) is 0.130. The lowest BCUT2D eigenvalue weighted by atomic mass is 10.0. The van der Waals surface area contributed by atoms with Crippen molar-refractivity contribution in [3.63, 3.8) is 0 Å². The molecule has 0 aliphatic carbocycles. The molecule has 1 aromatic heterocycles. The Kier molecular flexibility index (Phi) is 10.5. The number of hydrogen-bond donors (Lipinski definition) is 4. The van der Waals surface area contributed by atoms with E-state index in [4.69, 9.17) is 0 Å². The number of hydrogen-bond acceptors (Lipinski definition) is 7. The Balaban J connectivity index is 1.63. The van der Waals surface area contributed by atoms with E-state index in [-0.39, 0.29) is 36.6 Å². The number of nitrogens with one attached hydrogen (secondary N) is 2. The summed E-state index contributed by atoms with van der Waals surface area (Å²) >= 11 is 0. The van der Waals surface area contributed by atoms with Gasteiger partial charge in [0, 0.05) is 50.3 Å². The second kappa shape index (κ2) is 14.3. The average Bonchev–Trinajstić information content (AvgIpc) is 3.42. The smallest absolute Gasteiger partial charge is 0.326 e. The van der Waals surface area contributed by atoms with Crippen LogP contribution >= 0.6 is 0 Å². The third-order valence-corrected chi connectivity index (χ3v) is 6.11. The molecule has 0 spiro atoms. The number of aliphatic carboxylic acids is 1. The highest BCUT2D eigenvalue weighted by Crippen LogP contribution is 2.15. The third kappa shape index (κ3) is 9.58. The largest absolute Gasteiger partial charge is 0.508 e. The van der Waals surface area contributed by atoms with Crippen LogP contribution in [0.3, 0.4) is 0 Å². The van der Waals surface area contributed by atoms with Gasteiger partial charge in [-0.1, -0.05) is 30.7 Å². The molecule has 206 valence electrons. The van der Waals surface area contributed by atoms with Crippen molar-refractivity contribution in [1.29, 1.82) is 0 Å². The first-order valence-electron chi connectivity index (χ1n) is 12.5. The molecule has 2 atom stereocenters. The number of carboxylic acid groups (broad SMARTS) is 1. The minimum atomic E-state index is -1.28. The number of carboxylic acids is 1. The van der Waals surface area contributed by atoms with Gasteiger partial charge in [-0.25, -0.2) is 9.78 Å². The van der Waals surface area contributed by atoms with Crippen molar-refractivity contribution in [1.82, 2.24) is 20.2 Å². The molecular weight excluding hydrogens is 506 g/mol. The number of amides is 2. The van der Waals surface area contributed by atoms with Gasteiger partial charge in [0.05, 0.1) is 11.3 Å². The molecule has 12 heteroatoms. The number of carbonyl (C=O) groups is 3. The van der Waals surface area contributed by atoms with Crippen molar-refractivity contribution in [3.05, 3.63) is 88.5 Å². The Hall–Kier alpha value is -4.74. The summed E-state index contributed by atoms with van der Waals surface area (Å²) in [7, 11) is 0. The van der Waals surface area contributed by atoms with E-state index in [2.05, 4.69) is 15.6 Å². The van der Waals surface area contributed by atoms with Gasteiger partial charge in [-0.15, -0.1) is 0 Å². The molecule has 3 aromatic rings. The number of imidazole rings is 1. The van der Waals surface area contributed by atoms with Gasteiger partial charge in [0.2, 0.25) is 11.8 Å². The predicted octanol–water partition coefficient (Wildman–Crippen LogP) is 2.60. The van der Waals surface area contributed by atoms with Crippen molar-refractivity contribution in [2.45, 2.75) is 57.2 Å². The average molecular weight is 538 g/mol. The van der Waals surface area contributed by atoms with Crippen molar-refractivity contribution in [3.8, 4) is 5.75 Å². The zero-order chi connectivity index (χ0) is 28.2. The lowest BCUT2D eigenvalue weighted by molar-refractivity contribution is -0.384. The van der Waals surface area contributed by atoms with E-state index >= 15 is 0 Å². The standard InChI is InChI=1S/C27H31N5O7/c33-22-11-7-20(8-12-22)17-24(27(36)37)30-26(35)23(16-19-5-9-21(10-6-19)32(38)39)29-25(34)4-2-1-3-14-31-15-13-28-18-31/h5-13,15,18,23-24,33H,1-4,14,16-17H2,(H,29,34)(H,30,35)(H,36,37)/t23-,24-/m0/s1. The Morgan fingerprint density at radius 2 is 1.56 bits per heavy atom. The first kappa shape index (κ1) is 28.8. The molecule has 2 amide bonds. The van der Waals surface area contributed by atoms with Crippen molar-refractivity contribution < 1.29 is 29.5 Å². The highest BCUT2D eigenvalue weighted by molar-refractivity contribution is 5.90. The molecule has 3 rings (SSSR count). The molecule has 1 heterocycles. The van der Waals surface area contributed by atoms with Gasteiger partial charge in [0.15, 0.2) is 0 Å². The first-order chi connectivity index (χ1) is 18.7. The number of nitro benzene ring substituents is 1. The van der Waals surface area contributed by atoms with Crippen LogP contribution in [0.2, 0.25) is 0 Å². The second-order valence-electron chi connectivity index (χ2n) is 9.13. The predicted molar refractivity (Wildman–Crippen MR) is 141 cm³/mol. The maximum Gasteiger partial charge on any atom is 0.326 e. The Labute approximate surface area is 224 Å². The maximum atomic E-state index is 13.2. The van der Waals surface area contributed by atoms with Crippen LogP contribution in [0.5, 0.6) is 5.75 Å². The fraction of sp³-hybridized carbons (Fsp3) is 0.333. The molecule has 0 saturated carbocycles. The van der Waals surface area contributed by atoms with Crippen LogP contribution in [0.15, 0.2) is 67.3 Å². The van der Waals surface area contributed by atoms with Gasteiger partial charge in [-0.3, -0.25) is 19.7 Å². The number of rotatable bonds is 15. The van der Waals surface area contributed by atoms with E-state index in [9.17, 15) is 34.7 Å². The highest BCUT2D eigenvalue weighted by atomic mass is 16.6. The number of benzene rings is 2. The lowest BCUT2D eigenvalue weighted by Gasteiger charge is -2.22. The Morgan fingerprint density at radius 3 is 2.15 bits per heavy atom. The van der Waals surface area contributed by atoms with Crippen LogP contribution in [0.25, 0.3) is 0 Å². The molecule has 2 aromatic carbocycles. The number of nitrogens with zero attached hydrogens (tertiary/aromatic N) is 3. The molecule has 0 aliphatic heterocycles. The number of non-ortho nitro benzene ring substituents is 1. The number of aromatic hydroxyl groups is 1. The van der Waals surface area contributed by atoms with Crippen LogP contribution in [-0.2, 0) is 33.8 Å². The van der Waals surface area contributed by atoms with Gasteiger partial charge in [-0.05, 0) is 36.1 Å². The zero-order valence-electron chi connectivity index (χ0n) is 21.2. The van der Waals surface area contributed by atoms with Crippen LogP contribution < -0.4 is 10.6 Å². The molecule has 0 saturated heterocycles. The van der Waals surface area contributed by atoms with Gasteiger partial charge < -0.3 is 25.4 Å². The van der Waals surface area contributed by atoms with Crippen LogP contribution in [0, 0.1) is 10.1 Å². The van der Waals surface area contributed by atoms with Gasteiger partial charge in [-0.2, -0.15) is 0 Å². The van der Waals surface area contributed by atoms with Crippen LogP contribution in [0.1, 0.15) is 36.8 Å². The van der Waals surface area contributed by atoms with E-state index in [1.807, 2.05) is 10.8 Å². The topological polar surface area (TPSA) is 177 Å². The first-order valence-corrected chi connectivity index (χ1v) is 12.5. The summed E-state index contributed by atoms with van der Waals surface area (Å²) in [4.78, 5) is 52.2. The molecule has 12 nitrogen and oxygen atoms in total. The summed E-state index contributed by atoms with van der Waals surface area (Å²) in [6.07, 6.45) is 7.70. The molecular formula is C27H31N5O7. The number of carbonyl (C=O) groups excluding carboxylic acids is 2. The molecule has 0 fully saturated rings. The van der Waals surface area contributed by atoms with E-state index in [0.717, 1.165) is 19.4 Å². The summed E-state index contributed by atoms with van der Waals surface area (Å²) < 4.78 is 1.95. The SMILES string of the molecule is O=C(CCCCCn1ccnc1)N[C@@H](Cc1ccc([N+](=O)[O-])cc1)C(=O)N[C@@H](Cc1ccc(O)cc1)C(=O)O. The molecule has 0 radical (unpaired) electrons. The fourth-order valence-corrected chi connectivity index (χ4v) is 3.98. The lowest BCUT2D eigenvalue weighted by Crippen LogP contribution is -2.53. The summed E-state index contributed by atoms with van der Waals surface area (Å²) in [5.74, 6) is -2.27. The van der Waals surface area contributed by atoms with Crippen molar-refractivity contribution in [2.75, 3.05) is 0 Å². The zero-order valence-corrected chi connectivity index (χ0v) is 21.2. The van der Waals surface area contributed by atoms with Crippen molar-refractivity contribution in [2.24, 2.45) is 0 Å². The van der Waals surface area contributed by atoms with E-state index < -0.39 is 28.9 Å². The van der Waals surface area contributed by atoms with Crippen LogP contribution in [0.4, 0.5) is 5.69 Å². The minimum absolute atomic E-state index is 0.0156. The molecule has 4 N–H and O–H groups in total. The summed E-state index contributed by atoms with van der Waals surface area (Å²) in [5.41, 5.74) is 1.04. The molecule has 0 bridgehead atoms. The summed E-state index contributed by atoms with van der Waals surface area (Å²) in [6.45, 7) is 0.782.